The number of hydrogen-bond acceptors (Lipinski definition) is 4. The molecular formula is C10H13ClN2S2. The van der Waals surface area contributed by atoms with Gasteiger partial charge in [-0.05, 0) is 17.7 Å². The summed E-state index contributed by atoms with van der Waals surface area (Å²) < 4.78 is 0. The molecule has 1 aliphatic heterocycles. The number of halogens is 1. The maximum atomic E-state index is 5.86. The van der Waals surface area contributed by atoms with Gasteiger partial charge in [0, 0.05) is 37.3 Å². The zero-order valence-corrected chi connectivity index (χ0v) is 10.7. The Morgan fingerprint density at radius 2 is 2.07 bits per heavy atom. The van der Waals surface area contributed by atoms with Crippen molar-refractivity contribution in [3.05, 3.63) is 29.0 Å². The molecule has 0 N–H and O–H groups in total. The van der Waals surface area contributed by atoms with Gasteiger partial charge in [0.25, 0.3) is 0 Å². The van der Waals surface area contributed by atoms with Crippen LogP contribution in [-0.4, -0.2) is 34.5 Å². The molecule has 0 unspecified atom stereocenters. The van der Waals surface area contributed by atoms with Crippen LogP contribution in [0.2, 0.25) is 5.15 Å². The van der Waals surface area contributed by atoms with Gasteiger partial charge in [0.2, 0.25) is 0 Å². The molecule has 1 saturated heterocycles. The molecule has 0 bridgehead atoms. The van der Waals surface area contributed by atoms with Gasteiger partial charge in [-0.15, -0.1) is 0 Å². The van der Waals surface area contributed by atoms with Gasteiger partial charge in [-0.2, -0.15) is 0 Å². The molecule has 1 aromatic heterocycles. The van der Waals surface area contributed by atoms with Crippen LogP contribution in [0.15, 0.2) is 18.3 Å². The predicted octanol–water partition coefficient (Wildman–Crippen LogP) is 2.93. The first kappa shape index (κ1) is 11.6. The standard InChI is InChI=1S/C10H13ClN2S2/c11-10-7-9(1-2-12-10)8-13-3-5-14-15-6-4-13/h1-2,7H,3-6,8H2. The summed E-state index contributed by atoms with van der Waals surface area (Å²) in [6, 6.07) is 3.99. The lowest BCUT2D eigenvalue weighted by Gasteiger charge is -2.18. The van der Waals surface area contributed by atoms with Crippen LogP contribution in [0, 0.1) is 0 Å². The Morgan fingerprint density at radius 3 is 2.73 bits per heavy atom. The minimum Gasteiger partial charge on any atom is -0.297 e. The molecule has 1 aliphatic rings. The first-order valence-electron chi connectivity index (χ1n) is 4.92. The topological polar surface area (TPSA) is 16.1 Å². The zero-order chi connectivity index (χ0) is 10.5. The molecule has 2 nitrogen and oxygen atoms in total. The van der Waals surface area contributed by atoms with Crippen molar-refractivity contribution in [1.82, 2.24) is 9.88 Å². The summed E-state index contributed by atoms with van der Waals surface area (Å²) in [6.07, 6.45) is 1.78. The fourth-order valence-electron chi connectivity index (χ4n) is 1.52. The Morgan fingerprint density at radius 1 is 1.33 bits per heavy atom. The monoisotopic (exact) mass is 260 g/mol. The normalized spacial score (nSPS) is 18.7. The van der Waals surface area contributed by atoms with Crippen LogP contribution in [0.25, 0.3) is 0 Å². The zero-order valence-electron chi connectivity index (χ0n) is 8.36. The van der Waals surface area contributed by atoms with Crippen LogP contribution in [0.4, 0.5) is 0 Å². The van der Waals surface area contributed by atoms with Crippen LogP contribution >= 0.6 is 33.2 Å². The van der Waals surface area contributed by atoms with Crippen molar-refractivity contribution in [2.24, 2.45) is 0 Å². The largest absolute Gasteiger partial charge is 0.297 e. The van der Waals surface area contributed by atoms with Crippen molar-refractivity contribution >= 4 is 33.2 Å². The quantitative estimate of drug-likeness (QED) is 0.600. The highest BCUT2D eigenvalue weighted by Crippen LogP contribution is 2.24. The highest BCUT2D eigenvalue weighted by atomic mass is 35.5. The molecule has 2 rings (SSSR count). The van der Waals surface area contributed by atoms with E-state index >= 15 is 0 Å². The third-order valence-corrected chi connectivity index (χ3v) is 4.83. The van der Waals surface area contributed by atoms with E-state index in [4.69, 9.17) is 11.6 Å². The van der Waals surface area contributed by atoms with Gasteiger partial charge in [-0.1, -0.05) is 33.2 Å². The van der Waals surface area contributed by atoms with E-state index in [1.807, 2.05) is 33.7 Å². The Balaban J connectivity index is 1.95. The van der Waals surface area contributed by atoms with E-state index in [0.717, 1.165) is 19.6 Å². The summed E-state index contributed by atoms with van der Waals surface area (Å²) in [5.74, 6) is 2.42. The second kappa shape index (κ2) is 5.99. The van der Waals surface area contributed by atoms with E-state index in [1.54, 1.807) is 6.20 Å². The maximum absolute atomic E-state index is 5.86. The van der Waals surface area contributed by atoms with Crippen molar-refractivity contribution in [1.29, 1.82) is 0 Å². The summed E-state index contributed by atoms with van der Waals surface area (Å²) in [5.41, 5.74) is 1.26. The van der Waals surface area contributed by atoms with Crippen molar-refractivity contribution in [3.63, 3.8) is 0 Å². The lowest BCUT2D eigenvalue weighted by atomic mass is 10.2. The SMILES string of the molecule is Clc1cc(CN2CCSSCC2)ccn1. The van der Waals surface area contributed by atoms with Crippen LogP contribution < -0.4 is 0 Å². The molecule has 5 heteroatoms. The van der Waals surface area contributed by atoms with Gasteiger partial charge in [0.05, 0.1) is 0 Å². The number of aromatic nitrogens is 1. The highest BCUT2D eigenvalue weighted by Gasteiger charge is 2.09. The Hall–Kier alpha value is 0.1000. The Bertz CT molecular complexity index is 314. The summed E-state index contributed by atoms with van der Waals surface area (Å²) in [4.78, 5) is 6.46. The van der Waals surface area contributed by atoms with Gasteiger partial charge >= 0.3 is 0 Å². The molecule has 2 heterocycles. The summed E-state index contributed by atoms with van der Waals surface area (Å²) in [7, 11) is 3.94. The second-order valence-electron chi connectivity index (χ2n) is 3.41. The molecule has 0 aliphatic carbocycles. The van der Waals surface area contributed by atoms with E-state index < -0.39 is 0 Å². The average molecular weight is 261 g/mol. The molecule has 0 saturated carbocycles. The third kappa shape index (κ3) is 3.87. The average Bonchev–Trinajstić information content (AvgIpc) is 2.46. The maximum Gasteiger partial charge on any atom is 0.129 e. The fourth-order valence-corrected chi connectivity index (χ4v) is 3.77. The molecule has 0 radical (unpaired) electrons. The van der Waals surface area contributed by atoms with Gasteiger partial charge in [-0.3, -0.25) is 4.90 Å². The molecule has 1 aromatic rings. The van der Waals surface area contributed by atoms with Crippen LogP contribution in [0.1, 0.15) is 5.56 Å². The van der Waals surface area contributed by atoms with Crippen LogP contribution in [0.5, 0.6) is 0 Å². The smallest absolute Gasteiger partial charge is 0.129 e. The Kier molecular flexibility index (Phi) is 4.62. The minimum absolute atomic E-state index is 0.589. The van der Waals surface area contributed by atoms with Crippen molar-refractivity contribution in [2.75, 3.05) is 24.6 Å². The summed E-state index contributed by atoms with van der Waals surface area (Å²) >= 11 is 5.86. The number of pyridine rings is 1. The highest BCUT2D eigenvalue weighted by molar-refractivity contribution is 8.76. The number of hydrogen-bond donors (Lipinski definition) is 0. The lowest BCUT2D eigenvalue weighted by Crippen LogP contribution is -2.26. The molecule has 0 amide bonds. The summed E-state index contributed by atoms with van der Waals surface area (Å²) in [6.45, 7) is 3.32. The molecule has 15 heavy (non-hydrogen) atoms. The third-order valence-electron chi connectivity index (χ3n) is 2.26. The van der Waals surface area contributed by atoms with Crippen molar-refractivity contribution < 1.29 is 0 Å². The summed E-state index contributed by atoms with van der Waals surface area (Å²) in [5, 5.41) is 0.589. The predicted molar refractivity (Wildman–Crippen MR) is 69.4 cm³/mol. The van der Waals surface area contributed by atoms with Gasteiger partial charge in [-0.25, -0.2) is 4.98 Å². The van der Waals surface area contributed by atoms with E-state index in [-0.39, 0.29) is 0 Å². The first-order valence-corrected chi connectivity index (χ1v) is 7.78. The number of nitrogens with zero attached hydrogens (tertiary/aromatic N) is 2. The van der Waals surface area contributed by atoms with E-state index in [1.165, 1.54) is 17.1 Å². The van der Waals surface area contributed by atoms with Gasteiger partial charge in [0.1, 0.15) is 5.15 Å². The molecule has 0 spiro atoms. The molecular weight excluding hydrogens is 248 g/mol. The van der Waals surface area contributed by atoms with E-state index in [9.17, 15) is 0 Å². The van der Waals surface area contributed by atoms with Crippen LogP contribution in [0.3, 0.4) is 0 Å². The number of rotatable bonds is 2. The fraction of sp³-hybridized carbons (Fsp3) is 0.500. The minimum atomic E-state index is 0.589. The van der Waals surface area contributed by atoms with Gasteiger partial charge in [0.15, 0.2) is 0 Å². The molecule has 0 atom stereocenters. The Labute approximate surface area is 103 Å². The lowest BCUT2D eigenvalue weighted by molar-refractivity contribution is 0.302. The van der Waals surface area contributed by atoms with Gasteiger partial charge < -0.3 is 0 Å². The van der Waals surface area contributed by atoms with Crippen LogP contribution in [-0.2, 0) is 6.54 Å². The second-order valence-corrected chi connectivity index (χ2v) is 6.50. The van der Waals surface area contributed by atoms with E-state index in [2.05, 4.69) is 9.88 Å². The molecule has 82 valence electrons. The molecule has 1 fully saturated rings. The van der Waals surface area contributed by atoms with Crippen molar-refractivity contribution in [2.45, 2.75) is 6.54 Å². The first-order chi connectivity index (χ1) is 7.34. The van der Waals surface area contributed by atoms with E-state index in [0.29, 0.717) is 5.15 Å². The molecule has 0 aromatic carbocycles. The van der Waals surface area contributed by atoms with Crippen molar-refractivity contribution in [3.8, 4) is 0 Å².